The number of aromatic nitrogens is 2. The molecule has 0 aliphatic carbocycles. The fourth-order valence-corrected chi connectivity index (χ4v) is 2.80. The van der Waals surface area contributed by atoms with E-state index in [-0.39, 0.29) is 12.6 Å². The Bertz CT molecular complexity index is 409. The number of rotatable bonds is 4. The molecule has 2 atom stereocenters. The van der Waals surface area contributed by atoms with Crippen molar-refractivity contribution in [2.75, 3.05) is 24.7 Å². The second-order valence-corrected chi connectivity index (χ2v) is 4.69. The van der Waals surface area contributed by atoms with Crippen molar-refractivity contribution in [1.29, 1.82) is 0 Å². The Labute approximate surface area is 103 Å². The standard InChI is InChI=1S/C10H15N3O3S/c1-3-13(10-11-6(2)12-17-10)8-5-16-4-7(8)9(14)15/h7-8H,3-5H2,1-2H3,(H,14,15). The quantitative estimate of drug-likeness (QED) is 0.858. The van der Waals surface area contributed by atoms with Crippen LogP contribution in [0.4, 0.5) is 5.13 Å². The van der Waals surface area contributed by atoms with Crippen LogP contribution in [-0.4, -0.2) is 46.2 Å². The second-order valence-electron chi connectivity index (χ2n) is 3.96. The van der Waals surface area contributed by atoms with Gasteiger partial charge in [0.05, 0.1) is 19.3 Å². The third-order valence-corrected chi connectivity index (χ3v) is 3.72. The minimum Gasteiger partial charge on any atom is -0.481 e. The van der Waals surface area contributed by atoms with E-state index in [9.17, 15) is 4.79 Å². The first-order valence-corrected chi connectivity index (χ1v) is 6.28. The molecule has 1 saturated heterocycles. The number of hydrogen-bond acceptors (Lipinski definition) is 6. The van der Waals surface area contributed by atoms with E-state index >= 15 is 0 Å². The van der Waals surface area contributed by atoms with Crippen LogP contribution < -0.4 is 4.90 Å². The van der Waals surface area contributed by atoms with Crippen LogP contribution in [0.3, 0.4) is 0 Å². The molecule has 6 nitrogen and oxygen atoms in total. The fourth-order valence-electron chi connectivity index (χ4n) is 2.00. The topological polar surface area (TPSA) is 75.5 Å². The molecule has 7 heteroatoms. The number of aryl methyl sites for hydroxylation is 1. The van der Waals surface area contributed by atoms with Crippen LogP contribution in [0.25, 0.3) is 0 Å². The maximum atomic E-state index is 11.1. The van der Waals surface area contributed by atoms with Crippen molar-refractivity contribution in [3.8, 4) is 0 Å². The van der Waals surface area contributed by atoms with Crippen LogP contribution in [0, 0.1) is 12.8 Å². The van der Waals surface area contributed by atoms with Crippen LogP contribution in [0.1, 0.15) is 12.7 Å². The highest BCUT2D eigenvalue weighted by atomic mass is 32.1. The van der Waals surface area contributed by atoms with Gasteiger partial charge >= 0.3 is 5.97 Å². The van der Waals surface area contributed by atoms with Gasteiger partial charge in [0.15, 0.2) is 0 Å². The highest BCUT2D eigenvalue weighted by Crippen LogP contribution is 2.26. The highest BCUT2D eigenvalue weighted by Gasteiger charge is 2.38. The van der Waals surface area contributed by atoms with E-state index in [1.807, 2.05) is 18.7 Å². The first kappa shape index (κ1) is 12.3. The van der Waals surface area contributed by atoms with Gasteiger partial charge in [-0.2, -0.15) is 4.37 Å². The molecule has 0 amide bonds. The summed E-state index contributed by atoms with van der Waals surface area (Å²) in [5, 5.41) is 9.91. The number of carboxylic acid groups (broad SMARTS) is 1. The summed E-state index contributed by atoms with van der Waals surface area (Å²) in [6.07, 6.45) is 0. The van der Waals surface area contributed by atoms with Gasteiger partial charge in [0.1, 0.15) is 11.7 Å². The van der Waals surface area contributed by atoms with Gasteiger partial charge < -0.3 is 14.7 Å². The summed E-state index contributed by atoms with van der Waals surface area (Å²) in [5.41, 5.74) is 0. The molecule has 2 heterocycles. The molecule has 0 saturated carbocycles. The lowest BCUT2D eigenvalue weighted by Gasteiger charge is -2.28. The summed E-state index contributed by atoms with van der Waals surface area (Å²) in [6, 6.07) is -0.148. The smallest absolute Gasteiger partial charge is 0.311 e. The van der Waals surface area contributed by atoms with Gasteiger partial charge in [0.2, 0.25) is 5.13 Å². The minimum atomic E-state index is -0.813. The van der Waals surface area contributed by atoms with Crippen molar-refractivity contribution < 1.29 is 14.6 Å². The average molecular weight is 257 g/mol. The van der Waals surface area contributed by atoms with Crippen molar-refractivity contribution in [3.63, 3.8) is 0 Å². The van der Waals surface area contributed by atoms with Gasteiger partial charge in [0, 0.05) is 18.1 Å². The zero-order valence-corrected chi connectivity index (χ0v) is 10.6. The van der Waals surface area contributed by atoms with Crippen LogP contribution in [0.2, 0.25) is 0 Å². The molecular formula is C10H15N3O3S. The van der Waals surface area contributed by atoms with Crippen LogP contribution in [-0.2, 0) is 9.53 Å². The lowest BCUT2D eigenvalue weighted by Crippen LogP contribution is -2.43. The summed E-state index contributed by atoms with van der Waals surface area (Å²) in [5.74, 6) is -0.583. The van der Waals surface area contributed by atoms with Crippen LogP contribution in [0.5, 0.6) is 0 Å². The molecule has 0 radical (unpaired) electrons. The fraction of sp³-hybridized carbons (Fsp3) is 0.700. The molecule has 1 aliphatic rings. The van der Waals surface area contributed by atoms with Gasteiger partial charge in [-0.1, -0.05) is 0 Å². The van der Waals surface area contributed by atoms with E-state index < -0.39 is 11.9 Å². The number of ether oxygens (including phenoxy) is 1. The number of carbonyl (C=O) groups is 1. The Morgan fingerprint density at radius 2 is 2.41 bits per heavy atom. The Morgan fingerprint density at radius 3 is 2.94 bits per heavy atom. The molecule has 1 fully saturated rings. The lowest BCUT2D eigenvalue weighted by atomic mass is 10.0. The van der Waals surface area contributed by atoms with E-state index in [2.05, 4.69) is 9.36 Å². The van der Waals surface area contributed by atoms with Gasteiger partial charge in [-0.3, -0.25) is 4.79 Å². The highest BCUT2D eigenvalue weighted by molar-refractivity contribution is 7.09. The Kier molecular flexibility index (Phi) is 3.58. The van der Waals surface area contributed by atoms with E-state index in [4.69, 9.17) is 9.84 Å². The van der Waals surface area contributed by atoms with Gasteiger partial charge in [-0.15, -0.1) is 0 Å². The molecule has 0 aromatic carbocycles. The predicted molar refractivity (Wildman–Crippen MR) is 63.4 cm³/mol. The van der Waals surface area contributed by atoms with Gasteiger partial charge in [0.25, 0.3) is 0 Å². The number of aliphatic carboxylic acids is 1. The van der Waals surface area contributed by atoms with Gasteiger partial charge in [-0.05, 0) is 13.8 Å². The Hall–Kier alpha value is -1.21. The first-order chi connectivity index (χ1) is 8.13. The normalized spacial score (nSPS) is 23.9. The third-order valence-electron chi connectivity index (χ3n) is 2.87. The predicted octanol–water partition coefficient (Wildman–Crippen LogP) is 0.772. The molecule has 2 unspecified atom stereocenters. The Morgan fingerprint density at radius 1 is 1.65 bits per heavy atom. The van der Waals surface area contributed by atoms with E-state index in [0.717, 1.165) is 5.13 Å². The Balaban J connectivity index is 2.20. The summed E-state index contributed by atoms with van der Waals surface area (Å²) in [6.45, 7) is 5.21. The molecule has 2 rings (SSSR count). The number of likely N-dealkylation sites (N-methyl/N-ethyl adjacent to an activating group) is 1. The minimum absolute atomic E-state index is 0.148. The molecule has 1 aromatic rings. The van der Waals surface area contributed by atoms with Crippen molar-refractivity contribution in [3.05, 3.63) is 5.82 Å². The summed E-state index contributed by atoms with van der Waals surface area (Å²) in [7, 11) is 0. The molecular weight excluding hydrogens is 242 g/mol. The number of hydrogen-bond donors (Lipinski definition) is 1. The van der Waals surface area contributed by atoms with Crippen molar-refractivity contribution in [1.82, 2.24) is 9.36 Å². The maximum Gasteiger partial charge on any atom is 0.311 e. The van der Waals surface area contributed by atoms with Crippen molar-refractivity contribution >= 4 is 22.6 Å². The van der Waals surface area contributed by atoms with Crippen LogP contribution in [0.15, 0.2) is 0 Å². The largest absolute Gasteiger partial charge is 0.481 e. The SMILES string of the molecule is CCN(c1nc(C)ns1)C1COCC1C(=O)O. The van der Waals surface area contributed by atoms with E-state index in [1.54, 1.807) is 0 Å². The molecule has 1 aliphatic heterocycles. The third kappa shape index (κ3) is 2.39. The molecule has 17 heavy (non-hydrogen) atoms. The summed E-state index contributed by atoms with van der Waals surface area (Å²) < 4.78 is 9.40. The molecule has 0 bridgehead atoms. The maximum absolute atomic E-state index is 11.1. The number of nitrogens with zero attached hydrogens (tertiary/aromatic N) is 3. The number of anilines is 1. The van der Waals surface area contributed by atoms with Crippen molar-refractivity contribution in [2.24, 2.45) is 5.92 Å². The molecule has 94 valence electrons. The summed E-state index contributed by atoms with van der Waals surface area (Å²) >= 11 is 1.30. The summed E-state index contributed by atoms with van der Waals surface area (Å²) in [4.78, 5) is 17.4. The molecule has 0 spiro atoms. The molecule has 1 N–H and O–H groups in total. The first-order valence-electron chi connectivity index (χ1n) is 5.51. The number of carboxylic acids is 1. The second kappa shape index (κ2) is 4.97. The van der Waals surface area contributed by atoms with Crippen molar-refractivity contribution in [2.45, 2.75) is 19.9 Å². The molecule has 1 aromatic heterocycles. The average Bonchev–Trinajstić information content (AvgIpc) is 2.89. The van der Waals surface area contributed by atoms with E-state index in [1.165, 1.54) is 11.5 Å². The zero-order chi connectivity index (χ0) is 12.4. The lowest BCUT2D eigenvalue weighted by molar-refractivity contribution is -0.141. The van der Waals surface area contributed by atoms with Gasteiger partial charge in [-0.25, -0.2) is 4.98 Å². The zero-order valence-electron chi connectivity index (χ0n) is 9.79. The van der Waals surface area contributed by atoms with Crippen LogP contribution >= 0.6 is 11.5 Å². The van der Waals surface area contributed by atoms with E-state index in [0.29, 0.717) is 19.0 Å². The monoisotopic (exact) mass is 257 g/mol.